The summed E-state index contributed by atoms with van der Waals surface area (Å²) in [5.74, 6) is 5.93. The maximum Gasteiger partial charge on any atom is 0.130 e. The number of hydrogen-bond donors (Lipinski definition) is 1. The molecule has 1 N–H and O–H groups in total. The van der Waals surface area contributed by atoms with E-state index in [0.717, 1.165) is 18.7 Å². The van der Waals surface area contributed by atoms with Crippen LogP contribution < -0.4 is 5.32 Å². The maximum absolute atomic E-state index is 5.69. The number of hydrogen-bond acceptors (Lipinski definition) is 2. The van der Waals surface area contributed by atoms with Gasteiger partial charge in [0.25, 0.3) is 0 Å². The quantitative estimate of drug-likeness (QED) is 0.441. The highest BCUT2D eigenvalue weighted by Gasteiger charge is 1.88. The fraction of sp³-hybridized carbons (Fsp3) is 0.300. The third kappa shape index (κ3) is 3.93. The Kier molecular flexibility index (Phi) is 4.31. The number of aromatic nitrogens is 1. The van der Waals surface area contributed by atoms with Gasteiger partial charge in [0, 0.05) is 13.0 Å². The molecule has 0 radical (unpaired) electrons. The van der Waals surface area contributed by atoms with Crippen molar-refractivity contribution in [3.63, 3.8) is 0 Å². The van der Waals surface area contributed by atoms with Crippen LogP contribution in [-0.4, -0.2) is 18.6 Å². The lowest BCUT2D eigenvalue weighted by Gasteiger charge is -1.90. The number of pyridine rings is 1. The van der Waals surface area contributed by atoms with E-state index in [9.17, 15) is 0 Å². The standard InChI is InChI=1S/C10H11ClN2/c1-12-8-3-2-5-9-6-4-7-10(11)13-9/h4,6-7,12H,3,8H2,1H3. The van der Waals surface area contributed by atoms with Crippen LogP contribution in [0, 0.1) is 11.8 Å². The Hall–Kier alpha value is -1.04. The summed E-state index contributed by atoms with van der Waals surface area (Å²) >= 11 is 5.69. The molecule has 0 aliphatic heterocycles. The molecule has 0 atom stereocenters. The Morgan fingerprint density at radius 1 is 1.54 bits per heavy atom. The molecule has 1 aromatic rings. The summed E-state index contributed by atoms with van der Waals surface area (Å²) in [6, 6.07) is 5.43. The minimum atomic E-state index is 0.486. The second-order valence-corrected chi connectivity index (χ2v) is 2.89. The molecule has 0 aliphatic rings. The number of nitrogens with zero attached hydrogens (tertiary/aromatic N) is 1. The van der Waals surface area contributed by atoms with E-state index in [1.165, 1.54) is 0 Å². The molecule has 0 spiro atoms. The van der Waals surface area contributed by atoms with E-state index in [1.807, 2.05) is 19.2 Å². The van der Waals surface area contributed by atoms with Crippen LogP contribution in [-0.2, 0) is 0 Å². The highest BCUT2D eigenvalue weighted by atomic mass is 35.5. The third-order valence-electron chi connectivity index (χ3n) is 1.43. The number of halogens is 1. The van der Waals surface area contributed by atoms with Gasteiger partial charge < -0.3 is 5.32 Å². The van der Waals surface area contributed by atoms with Crippen molar-refractivity contribution in [3.05, 3.63) is 29.0 Å². The summed E-state index contributed by atoms with van der Waals surface area (Å²) in [6.07, 6.45) is 0.824. The van der Waals surface area contributed by atoms with Crippen LogP contribution in [0.2, 0.25) is 5.15 Å². The number of nitrogens with one attached hydrogen (secondary N) is 1. The largest absolute Gasteiger partial charge is 0.319 e. The van der Waals surface area contributed by atoms with Crippen LogP contribution in [0.4, 0.5) is 0 Å². The maximum atomic E-state index is 5.69. The van der Waals surface area contributed by atoms with Gasteiger partial charge in [-0.1, -0.05) is 23.6 Å². The van der Waals surface area contributed by atoms with Crippen molar-refractivity contribution >= 4 is 11.6 Å². The summed E-state index contributed by atoms with van der Waals surface area (Å²) in [6.45, 7) is 0.896. The first kappa shape index (κ1) is 10.0. The fourth-order valence-electron chi connectivity index (χ4n) is 0.818. The van der Waals surface area contributed by atoms with Crippen molar-refractivity contribution in [2.45, 2.75) is 6.42 Å². The van der Waals surface area contributed by atoms with Crippen molar-refractivity contribution in [3.8, 4) is 11.8 Å². The molecule has 0 amide bonds. The lowest BCUT2D eigenvalue weighted by molar-refractivity contribution is 0.818. The highest BCUT2D eigenvalue weighted by molar-refractivity contribution is 6.29. The van der Waals surface area contributed by atoms with Gasteiger partial charge in [0.2, 0.25) is 0 Å². The molecular weight excluding hydrogens is 184 g/mol. The average Bonchev–Trinajstić information content (AvgIpc) is 2.13. The lowest BCUT2D eigenvalue weighted by Crippen LogP contribution is -2.05. The molecule has 0 unspecified atom stereocenters. The van der Waals surface area contributed by atoms with Gasteiger partial charge in [-0.05, 0) is 25.1 Å². The van der Waals surface area contributed by atoms with E-state index < -0.39 is 0 Å². The van der Waals surface area contributed by atoms with Crippen molar-refractivity contribution in [2.24, 2.45) is 0 Å². The summed E-state index contributed by atoms with van der Waals surface area (Å²) < 4.78 is 0. The molecule has 0 aromatic carbocycles. The first-order valence-corrected chi connectivity index (χ1v) is 4.47. The second kappa shape index (κ2) is 5.58. The zero-order chi connectivity index (χ0) is 9.52. The van der Waals surface area contributed by atoms with Gasteiger partial charge >= 0.3 is 0 Å². The summed E-state index contributed by atoms with van der Waals surface area (Å²) in [7, 11) is 1.90. The van der Waals surface area contributed by atoms with Crippen molar-refractivity contribution in [2.75, 3.05) is 13.6 Å². The minimum absolute atomic E-state index is 0.486. The van der Waals surface area contributed by atoms with Crippen molar-refractivity contribution in [1.29, 1.82) is 0 Å². The molecule has 2 nitrogen and oxygen atoms in total. The minimum Gasteiger partial charge on any atom is -0.319 e. The van der Waals surface area contributed by atoms with E-state index in [1.54, 1.807) is 6.07 Å². The van der Waals surface area contributed by atoms with Gasteiger partial charge in [0.1, 0.15) is 10.8 Å². The van der Waals surface area contributed by atoms with Gasteiger partial charge in [0.15, 0.2) is 0 Å². The fourth-order valence-corrected chi connectivity index (χ4v) is 0.982. The van der Waals surface area contributed by atoms with Crippen molar-refractivity contribution in [1.82, 2.24) is 10.3 Å². The van der Waals surface area contributed by atoms with E-state index >= 15 is 0 Å². The molecule has 13 heavy (non-hydrogen) atoms. The van der Waals surface area contributed by atoms with E-state index in [4.69, 9.17) is 11.6 Å². The smallest absolute Gasteiger partial charge is 0.130 e. The van der Waals surface area contributed by atoms with Gasteiger partial charge in [-0.3, -0.25) is 0 Å². The molecule has 0 aliphatic carbocycles. The van der Waals surface area contributed by atoms with Crippen LogP contribution in [0.3, 0.4) is 0 Å². The summed E-state index contributed by atoms with van der Waals surface area (Å²) in [4.78, 5) is 4.04. The zero-order valence-electron chi connectivity index (χ0n) is 7.47. The summed E-state index contributed by atoms with van der Waals surface area (Å²) in [5, 5.41) is 3.50. The molecule has 1 rings (SSSR count). The summed E-state index contributed by atoms with van der Waals surface area (Å²) in [5.41, 5.74) is 0.726. The third-order valence-corrected chi connectivity index (χ3v) is 1.64. The normalized spacial score (nSPS) is 9.08. The van der Waals surface area contributed by atoms with Crippen LogP contribution in [0.1, 0.15) is 12.1 Å². The first-order valence-electron chi connectivity index (χ1n) is 4.09. The van der Waals surface area contributed by atoms with E-state index in [-0.39, 0.29) is 0 Å². The Balaban J connectivity index is 2.56. The van der Waals surface area contributed by atoms with Gasteiger partial charge in [-0.15, -0.1) is 0 Å². The second-order valence-electron chi connectivity index (χ2n) is 2.50. The monoisotopic (exact) mass is 194 g/mol. The molecule has 1 heterocycles. The molecule has 68 valence electrons. The first-order chi connectivity index (χ1) is 6.33. The van der Waals surface area contributed by atoms with Gasteiger partial charge in [-0.2, -0.15) is 0 Å². The highest BCUT2D eigenvalue weighted by Crippen LogP contribution is 2.03. The topological polar surface area (TPSA) is 24.9 Å². The van der Waals surface area contributed by atoms with E-state index in [0.29, 0.717) is 5.15 Å². The molecule has 0 saturated carbocycles. The van der Waals surface area contributed by atoms with Gasteiger partial charge in [-0.25, -0.2) is 4.98 Å². The Labute approximate surface area is 83.3 Å². The molecule has 0 bridgehead atoms. The Morgan fingerprint density at radius 2 is 2.38 bits per heavy atom. The van der Waals surface area contributed by atoms with Crippen LogP contribution in [0.15, 0.2) is 18.2 Å². The van der Waals surface area contributed by atoms with Gasteiger partial charge in [0.05, 0.1) is 0 Å². The van der Waals surface area contributed by atoms with E-state index in [2.05, 4.69) is 22.1 Å². The Bertz CT molecular complexity index is 325. The zero-order valence-corrected chi connectivity index (χ0v) is 8.23. The predicted octanol–water partition coefficient (Wildman–Crippen LogP) is 1.70. The van der Waals surface area contributed by atoms with Crippen molar-refractivity contribution < 1.29 is 0 Å². The predicted molar refractivity (Wildman–Crippen MR) is 54.7 cm³/mol. The molecule has 0 fully saturated rings. The SMILES string of the molecule is CNCCC#Cc1cccc(Cl)n1. The van der Waals surface area contributed by atoms with Crippen LogP contribution >= 0.6 is 11.6 Å². The molecular formula is C10H11ClN2. The van der Waals surface area contributed by atoms with Crippen LogP contribution in [0.25, 0.3) is 0 Å². The number of rotatable bonds is 2. The molecule has 3 heteroatoms. The van der Waals surface area contributed by atoms with Crippen LogP contribution in [0.5, 0.6) is 0 Å². The lowest BCUT2D eigenvalue weighted by atomic mass is 10.3. The Morgan fingerprint density at radius 3 is 3.08 bits per heavy atom. The molecule has 1 aromatic heterocycles. The molecule has 0 saturated heterocycles. The average molecular weight is 195 g/mol.